The van der Waals surface area contributed by atoms with E-state index < -0.39 is 6.04 Å². The number of rotatable bonds is 4. The minimum atomic E-state index is -0.582. The number of carbonyl (C=O) groups excluding carboxylic acids is 2. The Kier molecular flexibility index (Phi) is 4.60. The van der Waals surface area contributed by atoms with Crippen molar-refractivity contribution in [3.8, 4) is 0 Å². The van der Waals surface area contributed by atoms with Crippen molar-refractivity contribution in [2.45, 2.75) is 32.4 Å². The summed E-state index contributed by atoms with van der Waals surface area (Å²) in [6.45, 7) is 1.88. The first-order chi connectivity index (χ1) is 11.6. The summed E-state index contributed by atoms with van der Waals surface area (Å²) in [5.74, 6) is -0.712. The Balaban J connectivity index is 1.77. The molecular weight excluding hydrogens is 307 g/mol. The number of para-hydroxylation sites is 1. The van der Waals surface area contributed by atoms with Crippen LogP contribution in [0, 0.1) is 5.82 Å². The number of carbonyl (C=O) groups is 2. The van der Waals surface area contributed by atoms with E-state index in [2.05, 4.69) is 5.32 Å². The van der Waals surface area contributed by atoms with Crippen LogP contribution in [0.2, 0.25) is 0 Å². The Morgan fingerprint density at radius 1 is 1.17 bits per heavy atom. The van der Waals surface area contributed by atoms with Crippen molar-refractivity contribution in [2.75, 3.05) is 4.90 Å². The average Bonchev–Trinajstić information content (AvgIpc) is 2.99. The summed E-state index contributed by atoms with van der Waals surface area (Å²) in [7, 11) is 0. The lowest BCUT2D eigenvalue weighted by Crippen LogP contribution is -2.47. The lowest BCUT2D eigenvalue weighted by Gasteiger charge is -2.24. The molecule has 0 radical (unpaired) electrons. The van der Waals surface area contributed by atoms with E-state index in [1.54, 1.807) is 30.0 Å². The van der Waals surface area contributed by atoms with Crippen molar-refractivity contribution >= 4 is 17.5 Å². The number of fused-ring (bicyclic) bond motifs is 1. The highest BCUT2D eigenvalue weighted by Crippen LogP contribution is 2.32. The van der Waals surface area contributed by atoms with Crippen molar-refractivity contribution in [1.82, 2.24) is 5.32 Å². The van der Waals surface area contributed by atoms with Crippen LogP contribution < -0.4 is 10.2 Å². The molecule has 0 aliphatic carbocycles. The summed E-state index contributed by atoms with van der Waals surface area (Å²) in [4.78, 5) is 26.5. The molecule has 4 nitrogen and oxygen atoms in total. The van der Waals surface area contributed by atoms with Crippen LogP contribution in [-0.4, -0.2) is 17.9 Å². The molecule has 3 rings (SSSR count). The molecule has 1 heterocycles. The summed E-state index contributed by atoms with van der Waals surface area (Å²) in [5, 5.41) is 2.75. The number of benzene rings is 2. The van der Waals surface area contributed by atoms with Gasteiger partial charge in [0.2, 0.25) is 11.8 Å². The largest absolute Gasteiger partial charge is 0.350 e. The Hall–Kier alpha value is -2.69. The number of anilines is 1. The SMILES string of the molecule is CCC(=O)N1c2ccccc2C[C@H]1C(=O)NCc1ccccc1F. The van der Waals surface area contributed by atoms with Crippen molar-refractivity contribution in [1.29, 1.82) is 0 Å². The van der Waals surface area contributed by atoms with E-state index in [0.29, 0.717) is 18.4 Å². The molecule has 24 heavy (non-hydrogen) atoms. The third-order valence-electron chi connectivity index (χ3n) is 4.26. The van der Waals surface area contributed by atoms with Gasteiger partial charge in [-0.3, -0.25) is 14.5 Å². The normalized spacial score (nSPS) is 15.9. The molecule has 0 bridgehead atoms. The quantitative estimate of drug-likeness (QED) is 0.939. The topological polar surface area (TPSA) is 49.4 Å². The molecule has 1 aliphatic heterocycles. The molecule has 5 heteroatoms. The number of amides is 2. The van der Waals surface area contributed by atoms with Gasteiger partial charge in [-0.05, 0) is 17.7 Å². The molecule has 1 aliphatic rings. The average molecular weight is 326 g/mol. The zero-order valence-electron chi connectivity index (χ0n) is 13.5. The predicted molar refractivity (Wildman–Crippen MR) is 90.0 cm³/mol. The van der Waals surface area contributed by atoms with Crippen molar-refractivity contribution < 1.29 is 14.0 Å². The maximum Gasteiger partial charge on any atom is 0.243 e. The Bertz CT molecular complexity index is 775. The van der Waals surface area contributed by atoms with E-state index in [-0.39, 0.29) is 24.2 Å². The zero-order valence-corrected chi connectivity index (χ0v) is 13.5. The smallest absolute Gasteiger partial charge is 0.243 e. The molecule has 1 atom stereocenters. The first-order valence-electron chi connectivity index (χ1n) is 8.03. The lowest BCUT2D eigenvalue weighted by molar-refractivity contribution is -0.126. The van der Waals surface area contributed by atoms with Gasteiger partial charge in [-0.2, -0.15) is 0 Å². The zero-order chi connectivity index (χ0) is 17.1. The third-order valence-corrected chi connectivity index (χ3v) is 4.26. The van der Waals surface area contributed by atoms with Crippen LogP contribution in [-0.2, 0) is 22.6 Å². The summed E-state index contributed by atoms with van der Waals surface area (Å²) in [6, 6.07) is 13.3. The highest BCUT2D eigenvalue weighted by Gasteiger charge is 2.37. The molecule has 0 saturated heterocycles. The molecule has 0 saturated carbocycles. The van der Waals surface area contributed by atoms with Crippen LogP contribution >= 0.6 is 0 Å². The van der Waals surface area contributed by atoms with Gasteiger partial charge in [0.15, 0.2) is 0 Å². The molecule has 2 aromatic carbocycles. The van der Waals surface area contributed by atoms with Gasteiger partial charge in [0.05, 0.1) is 0 Å². The van der Waals surface area contributed by atoms with Gasteiger partial charge in [0.25, 0.3) is 0 Å². The Morgan fingerprint density at radius 2 is 1.88 bits per heavy atom. The number of halogens is 1. The van der Waals surface area contributed by atoms with E-state index in [1.807, 2.05) is 24.3 Å². The fourth-order valence-corrected chi connectivity index (χ4v) is 3.02. The number of nitrogens with zero attached hydrogens (tertiary/aromatic N) is 1. The molecule has 124 valence electrons. The van der Waals surface area contributed by atoms with Gasteiger partial charge < -0.3 is 5.32 Å². The second kappa shape index (κ2) is 6.83. The van der Waals surface area contributed by atoms with Gasteiger partial charge >= 0.3 is 0 Å². The van der Waals surface area contributed by atoms with E-state index in [4.69, 9.17) is 0 Å². The standard InChI is InChI=1S/C19H19FN2O2/c1-2-18(23)22-16-10-6-4-7-13(16)11-17(22)19(24)21-12-14-8-3-5-9-15(14)20/h3-10,17H,2,11-12H2,1H3,(H,21,24)/t17-/m0/s1. The number of hydrogen-bond acceptors (Lipinski definition) is 2. The molecular formula is C19H19FN2O2. The fourth-order valence-electron chi connectivity index (χ4n) is 3.02. The first kappa shape index (κ1) is 16.2. The molecule has 2 amide bonds. The van der Waals surface area contributed by atoms with Crippen LogP contribution in [0.3, 0.4) is 0 Å². The van der Waals surface area contributed by atoms with Gasteiger partial charge in [-0.15, -0.1) is 0 Å². The molecule has 0 spiro atoms. The van der Waals surface area contributed by atoms with Crippen LogP contribution in [0.1, 0.15) is 24.5 Å². The van der Waals surface area contributed by atoms with Crippen LogP contribution in [0.25, 0.3) is 0 Å². The summed E-state index contributed by atoms with van der Waals surface area (Å²) in [5.41, 5.74) is 2.19. The Labute approximate surface area is 140 Å². The second-order valence-corrected chi connectivity index (χ2v) is 5.78. The van der Waals surface area contributed by atoms with E-state index in [1.165, 1.54) is 6.07 Å². The van der Waals surface area contributed by atoms with Crippen molar-refractivity contribution in [2.24, 2.45) is 0 Å². The third kappa shape index (κ3) is 3.02. The van der Waals surface area contributed by atoms with Gasteiger partial charge in [0, 0.05) is 30.6 Å². The van der Waals surface area contributed by atoms with Crippen molar-refractivity contribution in [3.05, 3.63) is 65.5 Å². The number of hydrogen-bond donors (Lipinski definition) is 1. The summed E-state index contributed by atoms with van der Waals surface area (Å²) < 4.78 is 13.7. The highest BCUT2D eigenvalue weighted by atomic mass is 19.1. The Morgan fingerprint density at radius 3 is 2.62 bits per heavy atom. The highest BCUT2D eigenvalue weighted by molar-refractivity contribution is 6.03. The lowest BCUT2D eigenvalue weighted by atomic mass is 10.1. The van der Waals surface area contributed by atoms with Crippen LogP contribution in [0.5, 0.6) is 0 Å². The first-order valence-corrected chi connectivity index (χ1v) is 8.03. The fraction of sp³-hybridized carbons (Fsp3) is 0.263. The minimum Gasteiger partial charge on any atom is -0.350 e. The molecule has 0 fully saturated rings. The second-order valence-electron chi connectivity index (χ2n) is 5.78. The molecule has 0 aromatic heterocycles. The maximum atomic E-state index is 13.7. The van der Waals surface area contributed by atoms with Gasteiger partial charge in [-0.25, -0.2) is 4.39 Å². The summed E-state index contributed by atoms with van der Waals surface area (Å²) in [6.07, 6.45) is 0.802. The van der Waals surface area contributed by atoms with Gasteiger partial charge in [-0.1, -0.05) is 43.3 Å². The van der Waals surface area contributed by atoms with E-state index in [0.717, 1.165) is 11.3 Å². The van der Waals surface area contributed by atoms with Crippen LogP contribution in [0.15, 0.2) is 48.5 Å². The predicted octanol–water partition coefficient (Wildman–Crippen LogP) is 2.81. The van der Waals surface area contributed by atoms with E-state index in [9.17, 15) is 14.0 Å². The van der Waals surface area contributed by atoms with E-state index >= 15 is 0 Å². The number of nitrogens with one attached hydrogen (secondary N) is 1. The maximum absolute atomic E-state index is 13.7. The molecule has 2 aromatic rings. The molecule has 0 unspecified atom stereocenters. The van der Waals surface area contributed by atoms with Crippen LogP contribution in [0.4, 0.5) is 10.1 Å². The summed E-state index contributed by atoms with van der Waals surface area (Å²) >= 11 is 0. The minimum absolute atomic E-state index is 0.0917. The molecule has 1 N–H and O–H groups in total. The van der Waals surface area contributed by atoms with Crippen molar-refractivity contribution in [3.63, 3.8) is 0 Å². The monoisotopic (exact) mass is 326 g/mol. The van der Waals surface area contributed by atoms with Gasteiger partial charge in [0.1, 0.15) is 11.9 Å².